The molecule has 0 aliphatic carbocycles. The Labute approximate surface area is 105 Å². The summed E-state index contributed by atoms with van der Waals surface area (Å²) in [7, 11) is 0. The number of aromatic nitrogens is 2. The van der Waals surface area contributed by atoms with E-state index in [1.807, 2.05) is 42.8 Å². The van der Waals surface area contributed by atoms with E-state index in [0.717, 1.165) is 23.7 Å². The van der Waals surface area contributed by atoms with Crippen LogP contribution in [-0.2, 0) is 6.54 Å². The van der Waals surface area contributed by atoms with Crippen molar-refractivity contribution in [3.63, 3.8) is 0 Å². The van der Waals surface area contributed by atoms with Gasteiger partial charge in [-0.2, -0.15) is 5.10 Å². The number of para-hydroxylation sites is 1. The second kappa shape index (κ2) is 4.67. The Balaban J connectivity index is 2.39. The molecule has 0 spiro atoms. The highest BCUT2D eigenvalue weighted by molar-refractivity contribution is 6.33. The molecule has 0 unspecified atom stereocenters. The van der Waals surface area contributed by atoms with Crippen molar-refractivity contribution >= 4 is 28.8 Å². The minimum absolute atomic E-state index is 0.659. The lowest BCUT2D eigenvalue weighted by atomic mass is 10.3. The predicted molar refractivity (Wildman–Crippen MR) is 71.8 cm³/mol. The van der Waals surface area contributed by atoms with E-state index in [0.29, 0.717) is 10.7 Å². The summed E-state index contributed by atoms with van der Waals surface area (Å²) in [5.74, 6) is 0.790. The van der Waals surface area contributed by atoms with Gasteiger partial charge in [0, 0.05) is 6.54 Å². The van der Waals surface area contributed by atoms with Gasteiger partial charge in [0.15, 0.2) is 5.82 Å². The van der Waals surface area contributed by atoms with Gasteiger partial charge in [0.2, 0.25) is 0 Å². The molecule has 3 N–H and O–H groups in total. The van der Waals surface area contributed by atoms with Crippen molar-refractivity contribution in [2.45, 2.75) is 20.4 Å². The molecule has 2 rings (SSSR count). The highest BCUT2D eigenvalue weighted by Gasteiger charge is 2.12. The number of nitrogens with two attached hydrogens (primary N) is 1. The van der Waals surface area contributed by atoms with E-state index in [1.54, 1.807) is 0 Å². The number of anilines is 3. The molecule has 0 saturated carbocycles. The summed E-state index contributed by atoms with van der Waals surface area (Å²) in [5, 5.41) is 8.23. The molecule has 2 aromatic rings. The summed E-state index contributed by atoms with van der Waals surface area (Å²) in [5.41, 5.74) is 8.30. The maximum Gasteiger partial charge on any atom is 0.152 e. The molecule has 1 heterocycles. The first-order chi connectivity index (χ1) is 8.13. The van der Waals surface area contributed by atoms with Crippen LogP contribution in [0.25, 0.3) is 0 Å². The molecule has 1 aromatic carbocycles. The SMILES string of the molecule is CCn1nc(C)c(N)c1Nc1ccccc1Cl. The van der Waals surface area contributed by atoms with E-state index >= 15 is 0 Å². The Hall–Kier alpha value is -1.68. The van der Waals surface area contributed by atoms with Gasteiger partial charge >= 0.3 is 0 Å². The van der Waals surface area contributed by atoms with E-state index in [-0.39, 0.29) is 0 Å². The van der Waals surface area contributed by atoms with E-state index in [4.69, 9.17) is 17.3 Å². The van der Waals surface area contributed by atoms with Crippen molar-refractivity contribution in [2.75, 3.05) is 11.1 Å². The second-order valence-electron chi connectivity index (χ2n) is 3.77. The third kappa shape index (κ3) is 2.22. The molecule has 1 aromatic heterocycles. The molecule has 4 nitrogen and oxygen atoms in total. The van der Waals surface area contributed by atoms with Gasteiger partial charge in [-0.25, -0.2) is 4.68 Å². The highest BCUT2D eigenvalue weighted by atomic mass is 35.5. The van der Waals surface area contributed by atoms with Crippen molar-refractivity contribution in [3.05, 3.63) is 35.0 Å². The van der Waals surface area contributed by atoms with E-state index < -0.39 is 0 Å². The van der Waals surface area contributed by atoms with Crippen LogP contribution in [0.2, 0.25) is 5.02 Å². The zero-order valence-electron chi connectivity index (χ0n) is 9.87. The molecule has 0 amide bonds. The summed E-state index contributed by atoms with van der Waals surface area (Å²) < 4.78 is 1.83. The molecule has 0 atom stereocenters. The van der Waals surface area contributed by atoms with Crippen LogP contribution in [0.1, 0.15) is 12.6 Å². The van der Waals surface area contributed by atoms with Crippen LogP contribution in [0, 0.1) is 6.92 Å². The van der Waals surface area contributed by atoms with Crippen molar-refractivity contribution in [2.24, 2.45) is 0 Å². The molecular weight excluding hydrogens is 236 g/mol. The summed E-state index contributed by atoms with van der Waals surface area (Å²) in [6.07, 6.45) is 0. The molecule has 5 heteroatoms. The highest BCUT2D eigenvalue weighted by Crippen LogP contribution is 2.29. The average molecular weight is 251 g/mol. The minimum atomic E-state index is 0.659. The van der Waals surface area contributed by atoms with Gasteiger partial charge in [-0.3, -0.25) is 0 Å². The van der Waals surface area contributed by atoms with Crippen molar-refractivity contribution in [1.29, 1.82) is 0 Å². The number of nitrogens with zero attached hydrogens (tertiary/aromatic N) is 2. The number of aryl methyl sites for hydroxylation is 2. The van der Waals surface area contributed by atoms with Crippen molar-refractivity contribution in [1.82, 2.24) is 9.78 Å². The predicted octanol–water partition coefficient (Wildman–Crippen LogP) is 3.19. The maximum absolute atomic E-state index is 6.10. The first-order valence-corrected chi connectivity index (χ1v) is 5.85. The molecule has 0 saturated heterocycles. The number of benzene rings is 1. The minimum Gasteiger partial charge on any atom is -0.394 e. The number of nitrogen functional groups attached to an aromatic ring is 1. The topological polar surface area (TPSA) is 55.9 Å². The summed E-state index contributed by atoms with van der Waals surface area (Å²) in [6, 6.07) is 7.55. The summed E-state index contributed by atoms with van der Waals surface area (Å²) in [6.45, 7) is 4.66. The molecular formula is C12H15ClN4. The van der Waals surface area contributed by atoms with E-state index in [9.17, 15) is 0 Å². The van der Waals surface area contributed by atoms with Gasteiger partial charge in [-0.05, 0) is 26.0 Å². The zero-order chi connectivity index (χ0) is 12.4. The molecule has 0 bridgehead atoms. The van der Waals surface area contributed by atoms with Gasteiger partial charge in [0.05, 0.1) is 22.1 Å². The number of hydrogen-bond donors (Lipinski definition) is 2. The van der Waals surface area contributed by atoms with Crippen LogP contribution in [-0.4, -0.2) is 9.78 Å². The summed E-state index contributed by atoms with van der Waals surface area (Å²) >= 11 is 6.10. The molecule has 90 valence electrons. The third-order valence-corrected chi connectivity index (χ3v) is 2.93. The fraction of sp³-hybridized carbons (Fsp3) is 0.250. The van der Waals surface area contributed by atoms with E-state index in [1.165, 1.54) is 0 Å². The smallest absolute Gasteiger partial charge is 0.152 e. The molecule has 17 heavy (non-hydrogen) atoms. The van der Waals surface area contributed by atoms with Gasteiger partial charge in [-0.1, -0.05) is 23.7 Å². The fourth-order valence-electron chi connectivity index (χ4n) is 1.65. The monoisotopic (exact) mass is 250 g/mol. The van der Waals surface area contributed by atoms with Crippen LogP contribution in [0.15, 0.2) is 24.3 Å². The zero-order valence-corrected chi connectivity index (χ0v) is 10.6. The van der Waals surface area contributed by atoms with Gasteiger partial charge in [0.25, 0.3) is 0 Å². The number of halogens is 1. The normalized spacial score (nSPS) is 10.5. The van der Waals surface area contributed by atoms with Crippen LogP contribution in [0.4, 0.5) is 17.2 Å². The van der Waals surface area contributed by atoms with Crippen LogP contribution in [0.3, 0.4) is 0 Å². The quantitative estimate of drug-likeness (QED) is 0.880. The lowest BCUT2D eigenvalue weighted by Gasteiger charge is -2.10. The fourth-order valence-corrected chi connectivity index (χ4v) is 1.83. The van der Waals surface area contributed by atoms with Crippen molar-refractivity contribution in [3.8, 4) is 0 Å². The van der Waals surface area contributed by atoms with Gasteiger partial charge in [-0.15, -0.1) is 0 Å². The van der Waals surface area contributed by atoms with Crippen LogP contribution >= 0.6 is 11.6 Å². The molecule has 0 aliphatic heterocycles. The van der Waals surface area contributed by atoms with Crippen LogP contribution in [0.5, 0.6) is 0 Å². The Morgan fingerprint density at radius 2 is 2.12 bits per heavy atom. The molecule has 0 radical (unpaired) electrons. The number of hydrogen-bond acceptors (Lipinski definition) is 3. The summed E-state index contributed by atoms with van der Waals surface area (Å²) in [4.78, 5) is 0. The number of rotatable bonds is 3. The van der Waals surface area contributed by atoms with Crippen molar-refractivity contribution < 1.29 is 0 Å². The molecule has 0 aliphatic rings. The van der Waals surface area contributed by atoms with Gasteiger partial charge < -0.3 is 11.1 Å². The Morgan fingerprint density at radius 1 is 1.41 bits per heavy atom. The lowest BCUT2D eigenvalue weighted by molar-refractivity contribution is 0.661. The Kier molecular flexibility index (Phi) is 3.24. The first-order valence-electron chi connectivity index (χ1n) is 5.48. The molecule has 0 fully saturated rings. The maximum atomic E-state index is 6.10. The van der Waals surface area contributed by atoms with Crippen LogP contribution < -0.4 is 11.1 Å². The second-order valence-corrected chi connectivity index (χ2v) is 4.18. The Bertz CT molecular complexity index is 533. The third-order valence-electron chi connectivity index (χ3n) is 2.60. The van der Waals surface area contributed by atoms with Gasteiger partial charge in [0.1, 0.15) is 0 Å². The average Bonchev–Trinajstić information content (AvgIpc) is 2.59. The lowest BCUT2D eigenvalue weighted by Crippen LogP contribution is -2.04. The standard InChI is InChI=1S/C12H15ClN4/c1-3-17-12(11(14)8(2)16-17)15-10-7-5-4-6-9(10)13/h4-7,15H,3,14H2,1-2H3. The number of nitrogens with one attached hydrogen (secondary N) is 1. The van der Waals surface area contributed by atoms with E-state index in [2.05, 4.69) is 10.4 Å². The largest absolute Gasteiger partial charge is 0.394 e. The Morgan fingerprint density at radius 3 is 2.76 bits per heavy atom. The first kappa shape index (κ1) is 11.8.